The number of hydrogen-bond acceptors (Lipinski definition) is 4. The van der Waals surface area contributed by atoms with E-state index in [2.05, 4.69) is 15.1 Å². The Hall–Kier alpha value is -2.57. The lowest BCUT2D eigenvalue weighted by molar-refractivity contribution is 0.890. The molecule has 0 unspecified atom stereocenters. The van der Waals surface area contributed by atoms with E-state index in [0.29, 0.717) is 23.0 Å². The highest BCUT2D eigenvalue weighted by atomic mass is 35.5. The van der Waals surface area contributed by atoms with Crippen LogP contribution in [-0.4, -0.2) is 19.6 Å². The Kier molecular flexibility index (Phi) is 4.53. The molecule has 0 spiro atoms. The number of nitrogens with one attached hydrogen (secondary N) is 1. The molecular formula is C19H15ClN4OS. The van der Waals surface area contributed by atoms with Crippen LogP contribution in [0.3, 0.4) is 0 Å². The van der Waals surface area contributed by atoms with Gasteiger partial charge in [0, 0.05) is 27.3 Å². The molecule has 26 heavy (non-hydrogen) atoms. The first-order chi connectivity index (χ1) is 12.6. The molecule has 5 nitrogen and oxygen atoms in total. The Morgan fingerprint density at radius 3 is 2.73 bits per heavy atom. The Labute approximate surface area is 159 Å². The minimum Gasteiger partial charge on any atom is -0.271 e. The molecule has 0 atom stereocenters. The molecule has 4 rings (SSSR count). The van der Waals surface area contributed by atoms with Crippen LogP contribution >= 0.6 is 23.4 Å². The van der Waals surface area contributed by atoms with E-state index in [4.69, 9.17) is 11.6 Å². The van der Waals surface area contributed by atoms with Gasteiger partial charge in [0.05, 0.1) is 5.69 Å². The van der Waals surface area contributed by atoms with Crippen molar-refractivity contribution in [3.63, 3.8) is 0 Å². The predicted octanol–water partition coefficient (Wildman–Crippen LogP) is 4.34. The van der Waals surface area contributed by atoms with Gasteiger partial charge in [0.1, 0.15) is 0 Å². The smallest absolute Gasteiger partial charge is 0.271 e. The first-order valence-electron chi connectivity index (χ1n) is 8.04. The van der Waals surface area contributed by atoms with E-state index in [0.717, 1.165) is 21.0 Å². The number of fused-ring (bicyclic) bond motifs is 1. The molecule has 4 aromatic rings. The van der Waals surface area contributed by atoms with Crippen molar-refractivity contribution in [2.45, 2.75) is 17.6 Å². The predicted molar refractivity (Wildman–Crippen MR) is 105 cm³/mol. The molecule has 0 radical (unpaired) electrons. The molecule has 2 aromatic carbocycles. The number of H-pyrrole nitrogens is 1. The zero-order valence-electron chi connectivity index (χ0n) is 13.9. The summed E-state index contributed by atoms with van der Waals surface area (Å²) < 4.78 is 1.36. The molecule has 0 fully saturated rings. The van der Waals surface area contributed by atoms with Crippen LogP contribution in [0.15, 0.2) is 64.3 Å². The van der Waals surface area contributed by atoms with Crippen LogP contribution in [-0.2, 0) is 5.75 Å². The van der Waals surface area contributed by atoms with Crippen molar-refractivity contribution in [1.82, 2.24) is 19.6 Å². The summed E-state index contributed by atoms with van der Waals surface area (Å²) in [6.07, 6.45) is 0. The monoisotopic (exact) mass is 382 g/mol. The van der Waals surface area contributed by atoms with E-state index in [1.165, 1.54) is 10.6 Å². The molecule has 2 heterocycles. The van der Waals surface area contributed by atoms with Gasteiger partial charge in [-0.3, -0.25) is 9.89 Å². The number of benzene rings is 2. The Morgan fingerprint density at radius 2 is 1.92 bits per heavy atom. The summed E-state index contributed by atoms with van der Waals surface area (Å²) in [5, 5.41) is 3.74. The number of aromatic amines is 1. The van der Waals surface area contributed by atoms with Gasteiger partial charge in [-0.05, 0) is 24.6 Å². The van der Waals surface area contributed by atoms with Crippen LogP contribution in [0.1, 0.15) is 11.3 Å². The SMILES string of the molecule is Cc1c(Cl)cccc1SCc1cc(=O)n2[nH]c(-c3ccccc3)nc2n1. The molecule has 0 saturated heterocycles. The van der Waals surface area contributed by atoms with Gasteiger partial charge in [-0.1, -0.05) is 48.0 Å². The molecule has 0 saturated carbocycles. The van der Waals surface area contributed by atoms with Crippen LogP contribution in [0.25, 0.3) is 17.2 Å². The van der Waals surface area contributed by atoms with Crippen molar-refractivity contribution in [2.24, 2.45) is 0 Å². The number of halogens is 1. The highest BCUT2D eigenvalue weighted by Crippen LogP contribution is 2.29. The average molecular weight is 383 g/mol. The fraction of sp³-hybridized carbons (Fsp3) is 0.105. The number of aromatic nitrogens is 4. The molecule has 0 aliphatic heterocycles. The van der Waals surface area contributed by atoms with Gasteiger partial charge in [0.2, 0.25) is 0 Å². The third-order valence-corrected chi connectivity index (χ3v) is 5.63. The second-order valence-corrected chi connectivity index (χ2v) is 7.24. The molecule has 7 heteroatoms. The van der Waals surface area contributed by atoms with Crippen molar-refractivity contribution in [2.75, 3.05) is 0 Å². The first kappa shape index (κ1) is 16.9. The van der Waals surface area contributed by atoms with E-state index >= 15 is 0 Å². The molecule has 0 amide bonds. The summed E-state index contributed by atoms with van der Waals surface area (Å²) in [6, 6.07) is 17.0. The van der Waals surface area contributed by atoms with Crippen LogP contribution < -0.4 is 5.56 Å². The zero-order chi connectivity index (χ0) is 18.1. The third kappa shape index (κ3) is 3.25. The second-order valence-electron chi connectivity index (χ2n) is 5.81. The van der Waals surface area contributed by atoms with Gasteiger partial charge in [-0.15, -0.1) is 11.8 Å². The Morgan fingerprint density at radius 1 is 1.12 bits per heavy atom. The minimum atomic E-state index is -0.178. The lowest BCUT2D eigenvalue weighted by Crippen LogP contribution is -2.15. The maximum Gasteiger partial charge on any atom is 0.274 e. The number of hydrogen-bond donors (Lipinski definition) is 1. The highest BCUT2D eigenvalue weighted by Gasteiger charge is 2.10. The van der Waals surface area contributed by atoms with Gasteiger partial charge in [-0.2, -0.15) is 9.50 Å². The van der Waals surface area contributed by atoms with E-state index in [1.54, 1.807) is 11.8 Å². The number of thioether (sulfide) groups is 1. The average Bonchev–Trinajstić information content (AvgIpc) is 3.08. The van der Waals surface area contributed by atoms with Crippen LogP contribution in [0.5, 0.6) is 0 Å². The van der Waals surface area contributed by atoms with Crippen molar-refractivity contribution >= 4 is 29.1 Å². The van der Waals surface area contributed by atoms with Gasteiger partial charge in [-0.25, -0.2) is 4.98 Å². The molecule has 1 N–H and O–H groups in total. The van der Waals surface area contributed by atoms with E-state index < -0.39 is 0 Å². The maximum absolute atomic E-state index is 12.4. The van der Waals surface area contributed by atoms with E-state index in [9.17, 15) is 4.79 Å². The van der Waals surface area contributed by atoms with Crippen LogP contribution in [0.2, 0.25) is 5.02 Å². The van der Waals surface area contributed by atoms with Gasteiger partial charge >= 0.3 is 0 Å². The number of nitrogens with zero attached hydrogens (tertiary/aromatic N) is 3. The zero-order valence-corrected chi connectivity index (χ0v) is 15.5. The van der Waals surface area contributed by atoms with Gasteiger partial charge in [0.25, 0.3) is 11.3 Å². The normalized spacial score (nSPS) is 11.2. The molecule has 2 aromatic heterocycles. The first-order valence-corrected chi connectivity index (χ1v) is 9.40. The summed E-state index contributed by atoms with van der Waals surface area (Å²) in [5.74, 6) is 1.56. The number of rotatable bonds is 4. The lowest BCUT2D eigenvalue weighted by atomic mass is 10.2. The summed E-state index contributed by atoms with van der Waals surface area (Å²) in [7, 11) is 0. The molecule has 0 aliphatic carbocycles. The van der Waals surface area contributed by atoms with Crippen LogP contribution in [0.4, 0.5) is 0 Å². The Bertz CT molecular complexity index is 1140. The van der Waals surface area contributed by atoms with Crippen molar-refractivity contribution in [3.05, 3.63) is 81.2 Å². The third-order valence-electron chi connectivity index (χ3n) is 4.02. The topological polar surface area (TPSA) is 63.0 Å². The summed E-state index contributed by atoms with van der Waals surface area (Å²) in [4.78, 5) is 22.4. The van der Waals surface area contributed by atoms with E-state index in [-0.39, 0.29) is 5.56 Å². The lowest BCUT2D eigenvalue weighted by Gasteiger charge is -2.06. The largest absolute Gasteiger partial charge is 0.274 e. The summed E-state index contributed by atoms with van der Waals surface area (Å²) >= 11 is 7.77. The molecule has 130 valence electrons. The van der Waals surface area contributed by atoms with E-state index in [1.807, 2.05) is 55.5 Å². The fourth-order valence-corrected chi connectivity index (χ4v) is 3.81. The molecule has 0 bridgehead atoms. The standard InChI is InChI=1S/C19H15ClN4OS/c1-12-15(20)8-5-9-16(12)26-11-14-10-17(25)24-19(21-14)22-18(23-24)13-6-3-2-4-7-13/h2-10H,11H2,1H3,(H,21,22,23). The summed E-state index contributed by atoms with van der Waals surface area (Å²) in [5.41, 5.74) is 2.44. The molecular weight excluding hydrogens is 368 g/mol. The van der Waals surface area contributed by atoms with Gasteiger partial charge in [0.15, 0.2) is 5.82 Å². The van der Waals surface area contributed by atoms with Gasteiger partial charge < -0.3 is 0 Å². The quantitative estimate of drug-likeness (QED) is 0.533. The van der Waals surface area contributed by atoms with Crippen molar-refractivity contribution in [1.29, 1.82) is 0 Å². The van der Waals surface area contributed by atoms with Crippen molar-refractivity contribution < 1.29 is 0 Å². The minimum absolute atomic E-state index is 0.178. The second kappa shape index (κ2) is 6.97. The molecule has 0 aliphatic rings. The Balaban J connectivity index is 1.65. The summed E-state index contributed by atoms with van der Waals surface area (Å²) in [6.45, 7) is 1.98. The van der Waals surface area contributed by atoms with Crippen molar-refractivity contribution in [3.8, 4) is 11.4 Å². The fourth-order valence-electron chi connectivity index (χ4n) is 2.62. The van der Waals surface area contributed by atoms with Crippen LogP contribution in [0, 0.1) is 6.92 Å². The highest BCUT2D eigenvalue weighted by molar-refractivity contribution is 7.98. The maximum atomic E-state index is 12.4.